The van der Waals surface area contributed by atoms with E-state index in [1.54, 1.807) is 42.5 Å². The fraction of sp³-hybridized carbons (Fsp3) is 0.231. The number of anilines is 1. The van der Waals surface area contributed by atoms with Gasteiger partial charge in [0.05, 0.1) is 19.8 Å². The van der Waals surface area contributed by atoms with Crippen molar-refractivity contribution < 1.29 is 24.1 Å². The summed E-state index contributed by atoms with van der Waals surface area (Å²) < 4.78 is 17.2. The van der Waals surface area contributed by atoms with Crippen LogP contribution in [0.5, 0.6) is 17.2 Å². The van der Waals surface area contributed by atoms with Crippen LogP contribution < -0.4 is 25.3 Å². The number of hydrogen-bond acceptors (Lipinski definition) is 6. The van der Waals surface area contributed by atoms with E-state index in [2.05, 4.69) is 5.32 Å². The van der Waals surface area contributed by atoms with E-state index >= 15 is 0 Å². The molecule has 0 saturated heterocycles. The molecule has 1 atom stereocenters. The molecule has 5 N–H and O–H groups in total. The second-order valence-electron chi connectivity index (χ2n) is 7.44. The van der Waals surface area contributed by atoms with Gasteiger partial charge in [-0.2, -0.15) is 0 Å². The van der Waals surface area contributed by atoms with Crippen LogP contribution in [0.25, 0.3) is 0 Å². The second kappa shape index (κ2) is 12.2. The zero-order valence-electron chi connectivity index (χ0n) is 19.0. The minimum Gasteiger partial charge on any atom is -0.494 e. The Labute approximate surface area is 198 Å². The van der Waals surface area contributed by atoms with Gasteiger partial charge in [-0.1, -0.05) is 18.2 Å². The SMILES string of the molecule is CCOc1cc(OCCCOc2ccccc2)cc([C@@H](Nc2ccc(C(=N)N)cc2)C(=O)O)c1. The first-order chi connectivity index (χ1) is 16.5. The summed E-state index contributed by atoms with van der Waals surface area (Å²) in [6.45, 7) is 3.19. The van der Waals surface area contributed by atoms with Gasteiger partial charge in [-0.15, -0.1) is 0 Å². The quantitative estimate of drug-likeness (QED) is 0.167. The third-order valence-corrected chi connectivity index (χ3v) is 4.87. The fourth-order valence-electron chi connectivity index (χ4n) is 3.25. The fourth-order valence-corrected chi connectivity index (χ4v) is 3.25. The van der Waals surface area contributed by atoms with Crippen molar-refractivity contribution >= 4 is 17.5 Å². The van der Waals surface area contributed by atoms with Gasteiger partial charge in [0.15, 0.2) is 6.04 Å². The molecule has 3 aromatic carbocycles. The Morgan fingerprint density at radius 1 is 0.941 bits per heavy atom. The third kappa shape index (κ3) is 7.16. The molecule has 3 aromatic rings. The van der Waals surface area contributed by atoms with Gasteiger partial charge in [0.2, 0.25) is 0 Å². The minimum absolute atomic E-state index is 0.0540. The van der Waals surface area contributed by atoms with Crippen molar-refractivity contribution in [1.29, 1.82) is 5.41 Å². The Kier molecular flexibility index (Phi) is 8.73. The summed E-state index contributed by atoms with van der Waals surface area (Å²) in [6.07, 6.45) is 0.659. The lowest BCUT2D eigenvalue weighted by molar-refractivity contribution is -0.138. The molecule has 0 aliphatic heterocycles. The molecule has 0 aliphatic carbocycles. The Morgan fingerprint density at radius 2 is 1.56 bits per heavy atom. The van der Waals surface area contributed by atoms with Gasteiger partial charge >= 0.3 is 5.97 Å². The smallest absolute Gasteiger partial charge is 0.330 e. The average molecular weight is 464 g/mol. The molecule has 0 aliphatic rings. The molecule has 34 heavy (non-hydrogen) atoms. The van der Waals surface area contributed by atoms with E-state index in [0.29, 0.717) is 54.6 Å². The van der Waals surface area contributed by atoms with Crippen LogP contribution in [-0.2, 0) is 4.79 Å². The van der Waals surface area contributed by atoms with Gasteiger partial charge in [0.25, 0.3) is 0 Å². The standard InChI is InChI=1S/C26H29N3O5/c1-2-32-22-15-19(24(26(30)31)29-20-11-9-18(10-12-20)25(27)28)16-23(17-22)34-14-6-13-33-21-7-4-3-5-8-21/h3-5,7-12,15-17,24,29H,2,6,13-14H2,1H3,(H3,27,28)(H,30,31)/t24-/m1/s1. The van der Waals surface area contributed by atoms with Crippen LogP contribution in [0.15, 0.2) is 72.8 Å². The van der Waals surface area contributed by atoms with Crippen molar-refractivity contribution in [3.63, 3.8) is 0 Å². The number of ether oxygens (including phenoxy) is 3. The number of aliphatic carboxylic acids is 1. The maximum absolute atomic E-state index is 12.1. The van der Waals surface area contributed by atoms with Gasteiger partial charge in [-0.05, 0) is 61.0 Å². The van der Waals surface area contributed by atoms with Gasteiger partial charge in [-0.3, -0.25) is 5.41 Å². The van der Waals surface area contributed by atoms with Crippen LogP contribution in [0, 0.1) is 5.41 Å². The minimum atomic E-state index is -1.05. The van der Waals surface area contributed by atoms with Crippen molar-refractivity contribution in [2.75, 3.05) is 25.1 Å². The van der Waals surface area contributed by atoms with Crippen LogP contribution >= 0.6 is 0 Å². The summed E-state index contributed by atoms with van der Waals surface area (Å²) in [7, 11) is 0. The lowest BCUT2D eigenvalue weighted by Gasteiger charge is -2.19. The van der Waals surface area contributed by atoms with Crippen LogP contribution in [0.2, 0.25) is 0 Å². The molecule has 8 nitrogen and oxygen atoms in total. The third-order valence-electron chi connectivity index (χ3n) is 4.87. The summed E-state index contributed by atoms with van der Waals surface area (Å²) in [5.74, 6) is 0.735. The number of para-hydroxylation sites is 1. The first-order valence-corrected chi connectivity index (χ1v) is 11.0. The van der Waals surface area contributed by atoms with E-state index < -0.39 is 12.0 Å². The Hall–Kier alpha value is -4.20. The number of nitrogens with two attached hydrogens (primary N) is 1. The van der Waals surface area contributed by atoms with Gasteiger partial charge in [0, 0.05) is 23.7 Å². The largest absolute Gasteiger partial charge is 0.494 e. The zero-order chi connectivity index (χ0) is 24.3. The monoisotopic (exact) mass is 463 g/mol. The first-order valence-electron chi connectivity index (χ1n) is 11.0. The van der Waals surface area contributed by atoms with Crippen molar-refractivity contribution in [2.45, 2.75) is 19.4 Å². The molecule has 0 amide bonds. The van der Waals surface area contributed by atoms with Crippen LogP contribution in [0.1, 0.15) is 30.5 Å². The highest BCUT2D eigenvalue weighted by Gasteiger charge is 2.22. The lowest BCUT2D eigenvalue weighted by atomic mass is 10.1. The molecule has 0 bridgehead atoms. The molecular weight excluding hydrogens is 434 g/mol. The maximum Gasteiger partial charge on any atom is 0.330 e. The number of carboxylic acids is 1. The molecule has 0 spiro atoms. The van der Waals surface area contributed by atoms with Gasteiger partial charge in [0.1, 0.15) is 23.1 Å². The van der Waals surface area contributed by atoms with E-state index in [-0.39, 0.29) is 5.84 Å². The summed E-state index contributed by atoms with van der Waals surface area (Å²) in [5.41, 5.74) is 7.12. The van der Waals surface area contributed by atoms with Crippen LogP contribution in [0.4, 0.5) is 5.69 Å². The number of nitrogens with one attached hydrogen (secondary N) is 2. The number of hydrogen-bond donors (Lipinski definition) is 4. The molecule has 0 saturated carbocycles. The highest BCUT2D eigenvalue weighted by molar-refractivity contribution is 5.95. The summed E-state index contributed by atoms with van der Waals surface area (Å²) in [5, 5.41) is 20.4. The predicted molar refractivity (Wildman–Crippen MR) is 131 cm³/mol. The summed E-state index contributed by atoms with van der Waals surface area (Å²) >= 11 is 0. The second-order valence-corrected chi connectivity index (χ2v) is 7.44. The number of rotatable bonds is 13. The molecular formula is C26H29N3O5. The van der Waals surface area contributed by atoms with E-state index in [0.717, 1.165) is 5.75 Å². The normalized spacial score (nSPS) is 11.3. The van der Waals surface area contributed by atoms with E-state index in [4.69, 9.17) is 25.4 Å². The summed E-state index contributed by atoms with van der Waals surface area (Å²) in [6, 6.07) is 20.3. The molecule has 0 unspecified atom stereocenters. The number of nitrogen functional groups attached to an aromatic ring is 1. The molecule has 0 heterocycles. The van der Waals surface area contributed by atoms with E-state index in [1.165, 1.54) is 0 Å². The lowest BCUT2D eigenvalue weighted by Crippen LogP contribution is -2.21. The van der Waals surface area contributed by atoms with Crippen molar-refractivity contribution in [2.24, 2.45) is 5.73 Å². The average Bonchev–Trinajstić information content (AvgIpc) is 2.83. The highest BCUT2D eigenvalue weighted by atomic mass is 16.5. The molecule has 0 fully saturated rings. The highest BCUT2D eigenvalue weighted by Crippen LogP contribution is 2.29. The molecule has 8 heteroatoms. The van der Waals surface area contributed by atoms with Crippen LogP contribution in [-0.4, -0.2) is 36.7 Å². The topological polar surface area (TPSA) is 127 Å². The Balaban J connectivity index is 1.69. The van der Waals surface area contributed by atoms with Crippen molar-refractivity contribution in [1.82, 2.24) is 0 Å². The molecule has 0 aromatic heterocycles. The molecule has 3 rings (SSSR count). The maximum atomic E-state index is 12.1. The number of benzene rings is 3. The molecule has 0 radical (unpaired) electrons. The Morgan fingerprint density at radius 3 is 2.15 bits per heavy atom. The number of amidine groups is 1. The van der Waals surface area contributed by atoms with Gasteiger partial charge < -0.3 is 30.4 Å². The van der Waals surface area contributed by atoms with E-state index in [9.17, 15) is 9.90 Å². The number of carboxylic acid groups (broad SMARTS) is 1. The summed E-state index contributed by atoms with van der Waals surface area (Å²) in [4.78, 5) is 12.1. The zero-order valence-corrected chi connectivity index (χ0v) is 19.0. The van der Waals surface area contributed by atoms with Crippen LogP contribution in [0.3, 0.4) is 0 Å². The first kappa shape index (κ1) is 24.4. The van der Waals surface area contributed by atoms with Crippen molar-refractivity contribution in [3.05, 3.63) is 83.9 Å². The Bertz CT molecular complexity index is 1090. The van der Waals surface area contributed by atoms with Gasteiger partial charge in [-0.25, -0.2) is 4.79 Å². The molecule has 178 valence electrons. The number of carbonyl (C=O) groups is 1. The van der Waals surface area contributed by atoms with E-state index in [1.807, 2.05) is 37.3 Å². The predicted octanol–water partition coefficient (Wildman–Crippen LogP) is 4.46. The van der Waals surface area contributed by atoms with Crippen molar-refractivity contribution in [3.8, 4) is 17.2 Å².